The molecule has 1 fully saturated rings. The van der Waals surface area contributed by atoms with Crippen molar-refractivity contribution in [3.63, 3.8) is 0 Å². The molecule has 96 valence electrons. The van der Waals surface area contributed by atoms with E-state index in [0.29, 0.717) is 6.04 Å². The van der Waals surface area contributed by atoms with Crippen LogP contribution in [-0.4, -0.2) is 14.2 Å². The monoisotopic (exact) mass is 309 g/mol. The maximum atomic E-state index is 5.99. The fourth-order valence-corrected chi connectivity index (χ4v) is 2.95. The molecule has 1 aromatic carbocycles. The fraction of sp³-hybridized carbons (Fsp3) is 0.429. The number of halogens is 1. The van der Waals surface area contributed by atoms with Crippen molar-refractivity contribution in [3.8, 4) is 5.75 Å². The Morgan fingerprint density at radius 1 is 1.39 bits per heavy atom. The molecule has 1 saturated carbocycles. The molecule has 1 aromatic heterocycles. The summed E-state index contributed by atoms with van der Waals surface area (Å²) < 4.78 is 12.2. The molecule has 2 aromatic rings. The van der Waals surface area contributed by atoms with Crippen LogP contribution in [0.25, 0.3) is 11.0 Å². The first-order valence-corrected chi connectivity index (χ1v) is 6.96. The zero-order valence-corrected chi connectivity index (χ0v) is 12.1. The van der Waals surface area contributed by atoms with E-state index in [9.17, 15) is 0 Å². The standard InChI is InChI=1S/C14H16BrNO2/c1-16-13(8-3-4-8)12-6-9-5-10(17-2)7-11(15)14(9)18-12/h5-8,13,16H,3-4H2,1-2H3. The zero-order valence-electron chi connectivity index (χ0n) is 10.5. The minimum absolute atomic E-state index is 0.329. The number of fused-ring (bicyclic) bond motifs is 1. The first-order valence-electron chi connectivity index (χ1n) is 6.17. The van der Waals surface area contributed by atoms with Crippen LogP contribution >= 0.6 is 15.9 Å². The van der Waals surface area contributed by atoms with Gasteiger partial charge in [-0.25, -0.2) is 0 Å². The summed E-state index contributed by atoms with van der Waals surface area (Å²) in [5, 5.41) is 4.43. The number of benzene rings is 1. The van der Waals surface area contributed by atoms with Gasteiger partial charge >= 0.3 is 0 Å². The lowest BCUT2D eigenvalue weighted by atomic mass is 10.1. The fourth-order valence-electron chi connectivity index (χ4n) is 2.42. The van der Waals surface area contributed by atoms with E-state index in [1.54, 1.807) is 7.11 Å². The number of ether oxygens (including phenoxy) is 1. The molecule has 0 bridgehead atoms. The van der Waals surface area contributed by atoms with E-state index in [1.807, 2.05) is 19.2 Å². The second-order valence-electron chi connectivity index (χ2n) is 4.78. The number of methoxy groups -OCH3 is 1. The molecule has 0 amide bonds. The lowest BCUT2D eigenvalue weighted by Crippen LogP contribution is -2.17. The van der Waals surface area contributed by atoms with Crippen LogP contribution in [0, 0.1) is 5.92 Å². The molecule has 1 atom stereocenters. The SMILES string of the molecule is CNC(c1cc2cc(OC)cc(Br)c2o1)C1CC1. The normalized spacial score (nSPS) is 17.1. The molecule has 0 spiro atoms. The minimum atomic E-state index is 0.329. The number of nitrogens with one attached hydrogen (secondary N) is 1. The van der Waals surface area contributed by atoms with Gasteiger partial charge in [-0.1, -0.05) is 0 Å². The van der Waals surface area contributed by atoms with Gasteiger partial charge in [0, 0.05) is 5.39 Å². The highest BCUT2D eigenvalue weighted by molar-refractivity contribution is 9.10. The highest BCUT2D eigenvalue weighted by atomic mass is 79.9. The minimum Gasteiger partial charge on any atom is -0.497 e. The number of hydrogen-bond acceptors (Lipinski definition) is 3. The quantitative estimate of drug-likeness (QED) is 0.931. The van der Waals surface area contributed by atoms with Gasteiger partial charge in [-0.05, 0) is 59.9 Å². The summed E-state index contributed by atoms with van der Waals surface area (Å²) in [6.07, 6.45) is 2.57. The van der Waals surface area contributed by atoms with Crippen LogP contribution in [-0.2, 0) is 0 Å². The largest absolute Gasteiger partial charge is 0.497 e. The Balaban J connectivity index is 2.06. The predicted molar refractivity (Wildman–Crippen MR) is 75.0 cm³/mol. The van der Waals surface area contributed by atoms with Gasteiger partial charge in [0.25, 0.3) is 0 Å². The van der Waals surface area contributed by atoms with Crippen LogP contribution in [0.3, 0.4) is 0 Å². The Kier molecular flexibility index (Phi) is 3.08. The molecule has 1 unspecified atom stereocenters. The molecule has 1 N–H and O–H groups in total. The lowest BCUT2D eigenvalue weighted by Gasteiger charge is -2.11. The zero-order chi connectivity index (χ0) is 12.7. The molecule has 0 aliphatic heterocycles. The van der Waals surface area contributed by atoms with E-state index in [0.717, 1.165) is 32.9 Å². The first-order chi connectivity index (χ1) is 8.72. The second kappa shape index (κ2) is 4.59. The van der Waals surface area contributed by atoms with E-state index in [4.69, 9.17) is 9.15 Å². The van der Waals surface area contributed by atoms with Crippen LogP contribution in [0.5, 0.6) is 5.75 Å². The number of furan rings is 1. The van der Waals surface area contributed by atoms with Crippen LogP contribution in [0.2, 0.25) is 0 Å². The van der Waals surface area contributed by atoms with E-state index in [1.165, 1.54) is 12.8 Å². The molecular weight excluding hydrogens is 294 g/mol. The Labute approximate surface area is 115 Å². The molecule has 4 heteroatoms. The summed E-state index contributed by atoms with van der Waals surface area (Å²) in [5.74, 6) is 2.58. The lowest BCUT2D eigenvalue weighted by molar-refractivity contribution is 0.413. The molecule has 0 radical (unpaired) electrons. The van der Waals surface area contributed by atoms with E-state index in [2.05, 4.69) is 27.3 Å². The Morgan fingerprint density at radius 3 is 2.78 bits per heavy atom. The maximum absolute atomic E-state index is 5.99. The summed E-state index contributed by atoms with van der Waals surface area (Å²) >= 11 is 3.53. The van der Waals surface area contributed by atoms with Gasteiger partial charge in [-0.15, -0.1) is 0 Å². The van der Waals surface area contributed by atoms with Gasteiger partial charge in [0.2, 0.25) is 0 Å². The summed E-state index contributed by atoms with van der Waals surface area (Å²) in [6.45, 7) is 0. The van der Waals surface area contributed by atoms with Gasteiger partial charge in [0.05, 0.1) is 17.6 Å². The average molecular weight is 310 g/mol. The third-order valence-corrected chi connectivity index (χ3v) is 4.10. The van der Waals surface area contributed by atoms with Crippen molar-refractivity contribution in [1.29, 1.82) is 0 Å². The van der Waals surface area contributed by atoms with Crippen molar-refractivity contribution in [2.24, 2.45) is 5.92 Å². The van der Waals surface area contributed by atoms with Crippen molar-refractivity contribution in [2.45, 2.75) is 18.9 Å². The van der Waals surface area contributed by atoms with Crippen molar-refractivity contribution in [2.75, 3.05) is 14.2 Å². The Hall–Kier alpha value is -1.00. The topological polar surface area (TPSA) is 34.4 Å². The van der Waals surface area contributed by atoms with Gasteiger partial charge < -0.3 is 14.5 Å². The molecule has 3 rings (SSSR count). The molecule has 3 nitrogen and oxygen atoms in total. The molecule has 0 saturated heterocycles. The second-order valence-corrected chi connectivity index (χ2v) is 5.63. The third kappa shape index (κ3) is 2.04. The molecule has 18 heavy (non-hydrogen) atoms. The summed E-state index contributed by atoms with van der Waals surface area (Å²) in [7, 11) is 3.67. The Bertz CT molecular complexity index is 574. The molecule has 1 aliphatic rings. The van der Waals surface area contributed by atoms with Gasteiger partial charge in [-0.2, -0.15) is 0 Å². The van der Waals surface area contributed by atoms with Crippen LogP contribution in [0.4, 0.5) is 0 Å². The van der Waals surface area contributed by atoms with Crippen LogP contribution < -0.4 is 10.1 Å². The summed E-state index contributed by atoms with van der Waals surface area (Å²) in [6, 6.07) is 6.38. The molecule has 1 aliphatic carbocycles. The highest BCUT2D eigenvalue weighted by Crippen LogP contribution is 2.43. The van der Waals surface area contributed by atoms with E-state index >= 15 is 0 Å². The van der Waals surface area contributed by atoms with Crippen LogP contribution in [0.1, 0.15) is 24.6 Å². The summed E-state index contributed by atoms with van der Waals surface area (Å²) in [5.41, 5.74) is 0.895. The van der Waals surface area contributed by atoms with Gasteiger partial charge in [0.15, 0.2) is 0 Å². The number of rotatable bonds is 4. The average Bonchev–Trinajstić information content (AvgIpc) is 3.09. The van der Waals surface area contributed by atoms with Crippen molar-refractivity contribution < 1.29 is 9.15 Å². The number of hydrogen-bond donors (Lipinski definition) is 1. The van der Waals surface area contributed by atoms with Crippen molar-refractivity contribution in [1.82, 2.24) is 5.32 Å². The maximum Gasteiger partial charge on any atom is 0.148 e. The van der Waals surface area contributed by atoms with Crippen LogP contribution in [0.15, 0.2) is 27.1 Å². The van der Waals surface area contributed by atoms with Gasteiger partial charge in [-0.3, -0.25) is 0 Å². The van der Waals surface area contributed by atoms with E-state index < -0.39 is 0 Å². The van der Waals surface area contributed by atoms with Gasteiger partial charge in [0.1, 0.15) is 17.1 Å². The third-order valence-electron chi connectivity index (χ3n) is 3.51. The smallest absolute Gasteiger partial charge is 0.148 e. The highest BCUT2D eigenvalue weighted by Gasteiger charge is 2.33. The molecule has 1 heterocycles. The van der Waals surface area contributed by atoms with E-state index in [-0.39, 0.29) is 0 Å². The molecular formula is C14H16BrNO2. The first kappa shape index (κ1) is 12.1. The van der Waals surface area contributed by atoms with Crippen molar-refractivity contribution >= 4 is 26.9 Å². The van der Waals surface area contributed by atoms with Crippen molar-refractivity contribution in [3.05, 3.63) is 28.4 Å². The Morgan fingerprint density at radius 2 is 2.17 bits per heavy atom. The summed E-state index contributed by atoms with van der Waals surface area (Å²) in [4.78, 5) is 0. The predicted octanol–water partition coefficient (Wildman–Crippen LogP) is 3.87.